The molecule has 27 heavy (non-hydrogen) atoms. The zero-order valence-corrected chi connectivity index (χ0v) is 16.1. The van der Waals surface area contributed by atoms with E-state index in [1.807, 2.05) is 43.3 Å². The summed E-state index contributed by atoms with van der Waals surface area (Å²) in [4.78, 5) is 25.3. The van der Waals surface area contributed by atoms with Crippen LogP contribution in [0.15, 0.2) is 53.4 Å². The molecule has 0 spiro atoms. The molecule has 0 fully saturated rings. The van der Waals surface area contributed by atoms with Crippen molar-refractivity contribution in [2.24, 2.45) is 0 Å². The van der Waals surface area contributed by atoms with E-state index in [0.717, 1.165) is 15.5 Å². The molecule has 2 aromatic carbocycles. The quantitative estimate of drug-likeness (QED) is 0.700. The minimum absolute atomic E-state index is 0.0558. The molecule has 0 bridgehead atoms. The fourth-order valence-electron chi connectivity index (χ4n) is 2.67. The fourth-order valence-corrected chi connectivity index (χ4v) is 4.36. The van der Waals surface area contributed by atoms with Gasteiger partial charge in [-0.3, -0.25) is 14.9 Å². The second-order valence-corrected chi connectivity index (χ2v) is 8.52. The molecular formula is C19H16N4O2S2. The van der Waals surface area contributed by atoms with E-state index in [1.54, 1.807) is 12.1 Å². The third-order valence-electron chi connectivity index (χ3n) is 4.06. The Morgan fingerprint density at radius 2 is 2.00 bits per heavy atom. The lowest BCUT2D eigenvalue weighted by Crippen LogP contribution is -2.26. The van der Waals surface area contributed by atoms with Crippen LogP contribution in [0.4, 0.5) is 10.8 Å². The van der Waals surface area contributed by atoms with Gasteiger partial charge in [-0.05, 0) is 30.7 Å². The van der Waals surface area contributed by atoms with Gasteiger partial charge in [0.05, 0.1) is 10.9 Å². The summed E-state index contributed by atoms with van der Waals surface area (Å²) in [6.45, 7) is 1.85. The molecule has 2 N–H and O–H groups in total. The Bertz CT molecular complexity index is 1000. The van der Waals surface area contributed by atoms with Gasteiger partial charge in [0.25, 0.3) is 5.91 Å². The summed E-state index contributed by atoms with van der Waals surface area (Å²) in [6.07, 6.45) is 0.675. The monoisotopic (exact) mass is 396 g/mol. The van der Waals surface area contributed by atoms with E-state index >= 15 is 0 Å². The van der Waals surface area contributed by atoms with E-state index in [1.165, 1.54) is 23.1 Å². The molecule has 0 aliphatic carbocycles. The second kappa shape index (κ2) is 7.50. The van der Waals surface area contributed by atoms with Gasteiger partial charge in [0, 0.05) is 16.9 Å². The summed E-state index contributed by atoms with van der Waals surface area (Å²) in [5.41, 5.74) is 2.27. The minimum Gasteiger partial charge on any atom is -0.324 e. The first-order valence-electron chi connectivity index (χ1n) is 8.38. The number of amides is 2. The van der Waals surface area contributed by atoms with Crippen LogP contribution in [-0.2, 0) is 11.2 Å². The van der Waals surface area contributed by atoms with Crippen LogP contribution >= 0.6 is 23.1 Å². The maximum Gasteiger partial charge on any atom is 0.257 e. The zero-order chi connectivity index (χ0) is 18.8. The molecule has 3 aromatic rings. The number of nitrogens with zero attached hydrogens (tertiary/aromatic N) is 2. The highest BCUT2D eigenvalue weighted by atomic mass is 32.2. The van der Waals surface area contributed by atoms with Crippen LogP contribution in [0.5, 0.6) is 0 Å². The first-order chi connectivity index (χ1) is 13.1. The third kappa shape index (κ3) is 4.01. The highest BCUT2D eigenvalue weighted by Crippen LogP contribution is 2.36. The number of aromatic nitrogens is 2. The molecule has 2 heterocycles. The number of benzene rings is 2. The van der Waals surface area contributed by atoms with Gasteiger partial charge in [0.2, 0.25) is 11.0 Å². The summed E-state index contributed by atoms with van der Waals surface area (Å²) < 4.78 is 0. The number of hydrogen-bond donors (Lipinski definition) is 2. The van der Waals surface area contributed by atoms with Gasteiger partial charge < -0.3 is 5.32 Å². The molecule has 136 valence electrons. The predicted octanol–water partition coefficient (Wildman–Crippen LogP) is 3.81. The minimum atomic E-state index is -0.280. The van der Waals surface area contributed by atoms with Gasteiger partial charge >= 0.3 is 0 Å². The van der Waals surface area contributed by atoms with Crippen molar-refractivity contribution in [2.45, 2.75) is 23.5 Å². The first kappa shape index (κ1) is 17.7. The van der Waals surface area contributed by atoms with Crippen LogP contribution in [0, 0.1) is 0 Å². The molecule has 1 aliphatic heterocycles. The van der Waals surface area contributed by atoms with Gasteiger partial charge in [-0.25, -0.2) is 0 Å². The van der Waals surface area contributed by atoms with Crippen molar-refractivity contribution in [1.82, 2.24) is 10.2 Å². The smallest absolute Gasteiger partial charge is 0.257 e. The summed E-state index contributed by atoms with van der Waals surface area (Å²) >= 11 is 2.84. The summed E-state index contributed by atoms with van der Waals surface area (Å²) in [5.74, 6) is -0.335. The Kier molecular flexibility index (Phi) is 4.91. The van der Waals surface area contributed by atoms with Crippen molar-refractivity contribution in [1.29, 1.82) is 0 Å². The van der Waals surface area contributed by atoms with Crippen LogP contribution in [0.2, 0.25) is 0 Å². The van der Waals surface area contributed by atoms with Gasteiger partial charge in [0.1, 0.15) is 5.01 Å². The Balaban J connectivity index is 1.45. The maximum atomic E-state index is 12.5. The molecule has 0 saturated carbocycles. The van der Waals surface area contributed by atoms with E-state index in [9.17, 15) is 9.59 Å². The number of carbonyl (C=O) groups excluding carboxylic acids is 2. The van der Waals surface area contributed by atoms with Crippen molar-refractivity contribution in [3.63, 3.8) is 0 Å². The van der Waals surface area contributed by atoms with Crippen molar-refractivity contribution in [3.8, 4) is 0 Å². The van der Waals surface area contributed by atoms with Crippen LogP contribution in [0.25, 0.3) is 0 Å². The maximum absolute atomic E-state index is 12.5. The first-order valence-corrected chi connectivity index (χ1v) is 10.1. The third-order valence-corrected chi connectivity index (χ3v) is 6.07. The summed E-state index contributed by atoms with van der Waals surface area (Å²) in [7, 11) is 0. The van der Waals surface area contributed by atoms with Crippen LogP contribution in [0.3, 0.4) is 0 Å². The average molecular weight is 396 g/mol. The van der Waals surface area contributed by atoms with Crippen LogP contribution in [-0.4, -0.2) is 27.3 Å². The number of rotatable bonds is 4. The molecular weight excluding hydrogens is 380 g/mol. The van der Waals surface area contributed by atoms with Crippen molar-refractivity contribution in [3.05, 3.63) is 64.7 Å². The molecule has 0 radical (unpaired) electrons. The highest BCUT2D eigenvalue weighted by Gasteiger charge is 2.24. The molecule has 1 unspecified atom stereocenters. The van der Waals surface area contributed by atoms with E-state index < -0.39 is 0 Å². The number of anilines is 2. The van der Waals surface area contributed by atoms with Crippen molar-refractivity contribution < 1.29 is 9.59 Å². The van der Waals surface area contributed by atoms with E-state index in [2.05, 4.69) is 20.8 Å². The molecule has 1 aromatic heterocycles. The SMILES string of the molecule is CC1Sc2ccc(C(=O)Nc3nnc(Cc4ccccc4)s3)cc2NC1=O. The largest absolute Gasteiger partial charge is 0.324 e. The molecule has 4 rings (SSSR count). The average Bonchev–Trinajstić information content (AvgIpc) is 3.10. The molecule has 1 aliphatic rings. The molecule has 2 amide bonds. The van der Waals surface area contributed by atoms with E-state index in [-0.39, 0.29) is 17.1 Å². The zero-order valence-electron chi connectivity index (χ0n) is 14.4. The molecule has 0 saturated heterocycles. The van der Waals surface area contributed by atoms with Crippen molar-refractivity contribution in [2.75, 3.05) is 10.6 Å². The van der Waals surface area contributed by atoms with E-state index in [0.29, 0.717) is 22.8 Å². The summed E-state index contributed by atoms with van der Waals surface area (Å²) in [6, 6.07) is 15.3. The van der Waals surface area contributed by atoms with E-state index in [4.69, 9.17) is 0 Å². The fraction of sp³-hybridized carbons (Fsp3) is 0.158. The van der Waals surface area contributed by atoms with Crippen molar-refractivity contribution >= 4 is 45.7 Å². The Labute approximate surface area is 164 Å². The Morgan fingerprint density at radius 1 is 1.19 bits per heavy atom. The van der Waals surface area contributed by atoms with Gasteiger partial charge in [0.15, 0.2) is 0 Å². The number of carbonyl (C=O) groups is 2. The topological polar surface area (TPSA) is 84.0 Å². The lowest BCUT2D eigenvalue weighted by atomic mass is 10.2. The lowest BCUT2D eigenvalue weighted by molar-refractivity contribution is -0.115. The standard InChI is InChI=1S/C19H16N4O2S2/c1-11-17(24)20-14-10-13(7-8-15(14)26-11)18(25)21-19-23-22-16(27-19)9-12-5-3-2-4-6-12/h2-8,10-11H,9H2,1H3,(H,20,24)(H,21,23,25). The van der Waals surface area contributed by atoms with Gasteiger partial charge in [-0.1, -0.05) is 41.7 Å². The van der Waals surface area contributed by atoms with Gasteiger partial charge in [-0.15, -0.1) is 22.0 Å². The number of hydrogen-bond acceptors (Lipinski definition) is 6. The molecule has 8 heteroatoms. The Morgan fingerprint density at radius 3 is 2.81 bits per heavy atom. The number of thioether (sulfide) groups is 1. The predicted molar refractivity (Wildman–Crippen MR) is 108 cm³/mol. The van der Waals surface area contributed by atoms with Crippen LogP contribution < -0.4 is 10.6 Å². The second-order valence-electron chi connectivity index (χ2n) is 6.08. The molecule has 1 atom stereocenters. The normalized spacial score (nSPS) is 15.7. The highest BCUT2D eigenvalue weighted by molar-refractivity contribution is 8.00. The lowest BCUT2D eigenvalue weighted by Gasteiger charge is -2.21. The van der Waals surface area contributed by atoms with Gasteiger partial charge in [-0.2, -0.15) is 0 Å². The summed E-state index contributed by atoms with van der Waals surface area (Å²) in [5, 5.41) is 15.0. The van der Waals surface area contributed by atoms with Crippen LogP contribution in [0.1, 0.15) is 27.9 Å². The Hall–Kier alpha value is -2.71. The molecule has 6 nitrogen and oxygen atoms in total. The number of nitrogens with one attached hydrogen (secondary N) is 2. The number of fused-ring (bicyclic) bond motifs is 1.